The molecule has 1 aromatic heterocycles. The Kier molecular flexibility index (Phi) is 5.14. The number of ether oxygens (including phenoxy) is 1. The molecule has 164 valence electrons. The molecule has 2 aliphatic rings. The molecule has 0 spiro atoms. The molecular formula is C25H20N4O3S. The monoisotopic (exact) mass is 456 g/mol. The summed E-state index contributed by atoms with van der Waals surface area (Å²) in [6, 6.07) is 15.7. The Hall–Kier alpha value is -4.04. The van der Waals surface area contributed by atoms with Crippen LogP contribution in [0.15, 0.2) is 71.9 Å². The number of nitrogens with zero attached hydrogens (tertiary/aromatic N) is 4. The minimum Gasteiger partial charge on any atom is -0.465 e. The second-order valence-corrected chi connectivity index (χ2v) is 8.77. The Bertz CT molecular complexity index is 1510. The van der Waals surface area contributed by atoms with Crippen LogP contribution in [0.4, 0.5) is 0 Å². The van der Waals surface area contributed by atoms with Crippen molar-refractivity contribution in [2.75, 3.05) is 7.11 Å². The number of carbonyl (C=O) groups is 1. The van der Waals surface area contributed by atoms with E-state index >= 15 is 0 Å². The van der Waals surface area contributed by atoms with E-state index in [9.17, 15) is 9.59 Å². The van der Waals surface area contributed by atoms with Crippen LogP contribution in [0.3, 0.4) is 0 Å². The van der Waals surface area contributed by atoms with Gasteiger partial charge in [-0.25, -0.2) is 9.78 Å². The smallest absolute Gasteiger partial charge is 0.341 e. The maximum Gasteiger partial charge on any atom is 0.341 e. The highest BCUT2D eigenvalue weighted by Crippen LogP contribution is 2.31. The minimum absolute atomic E-state index is 0.200. The van der Waals surface area contributed by atoms with Gasteiger partial charge in [0, 0.05) is 18.6 Å². The van der Waals surface area contributed by atoms with Crippen LogP contribution in [0.1, 0.15) is 21.5 Å². The summed E-state index contributed by atoms with van der Waals surface area (Å²) in [5.41, 5.74) is 4.36. The first-order valence-electron chi connectivity index (χ1n) is 10.3. The topological polar surface area (TPSA) is 79.0 Å². The molecule has 0 N–H and O–H groups in total. The predicted octanol–water partition coefficient (Wildman–Crippen LogP) is 4.65. The number of thiazole rings is 1. The maximum absolute atomic E-state index is 13.3. The Labute approximate surface area is 193 Å². The van der Waals surface area contributed by atoms with E-state index in [0.717, 1.165) is 16.0 Å². The largest absolute Gasteiger partial charge is 0.465 e. The molecule has 8 heteroatoms. The third-order valence-electron chi connectivity index (χ3n) is 5.37. The van der Waals surface area contributed by atoms with E-state index in [-0.39, 0.29) is 11.1 Å². The fourth-order valence-corrected chi connectivity index (χ4v) is 4.52. The van der Waals surface area contributed by atoms with E-state index < -0.39 is 5.97 Å². The Morgan fingerprint density at radius 2 is 1.82 bits per heavy atom. The van der Waals surface area contributed by atoms with Gasteiger partial charge in [-0.05, 0) is 37.1 Å². The van der Waals surface area contributed by atoms with Gasteiger partial charge in [0.25, 0.3) is 5.56 Å². The highest BCUT2D eigenvalue weighted by atomic mass is 32.1. The van der Waals surface area contributed by atoms with Crippen molar-refractivity contribution >= 4 is 17.3 Å². The zero-order valence-electron chi connectivity index (χ0n) is 18.3. The van der Waals surface area contributed by atoms with Gasteiger partial charge < -0.3 is 4.74 Å². The van der Waals surface area contributed by atoms with Crippen LogP contribution < -0.4 is 5.56 Å². The number of fused-ring (bicyclic) bond motifs is 1. The third kappa shape index (κ3) is 3.74. The lowest BCUT2D eigenvalue weighted by atomic mass is 10.1. The van der Waals surface area contributed by atoms with Crippen LogP contribution in [0.5, 0.6) is 0 Å². The first kappa shape index (κ1) is 20.8. The summed E-state index contributed by atoms with van der Waals surface area (Å²) in [5, 5.41) is 5.09. The molecule has 0 bridgehead atoms. The second-order valence-electron chi connectivity index (χ2n) is 7.76. The number of hydrogen-bond donors (Lipinski definition) is 0. The van der Waals surface area contributed by atoms with E-state index in [1.54, 1.807) is 29.2 Å². The molecule has 33 heavy (non-hydrogen) atoms. The number of carbonyl (C=O) groups excluding carboxylic acids is 1. The molecule has 0 saturated heterocycles. The fourth-order valence-electron chi connectivity index (χ4n) is 3.65. The molecule has 3 aromatic rings. The molecule has 2 aliphatic heterocycles. The van der Waals surface area contributed by atoms with Crippen molar-refractivity contribution < 1.29 is 9.53 Å². The van der Waals surface area contributed by atoms with Gasteiger partial charge in [0.1, 0.15) is 11.3 Å². The average Bonchev–Trinajstić information content (AvgIpc) is 3.44. The Morgan fingerprint density at radius 1 is 1.03 bits per heavy atom. The van der Waals surface area contributed by atoms with Crippen molar-refractivity contribution in [2.45, 2.75) is 13.8 Å². The molecule has 0 radical (unpaired) electrons. The molecule has 0 atom stereocenters. The first-order valence-corrected chi connectivity index (χ1v) is 11.1. The molecule has 0 amide bonds. The van der Waals surface area contributed by atoms with Crippen LogP contribution in [0, 0.1) is 13.8 Å². The van der Waals surface area contributed by atoms with Crippen LogP contribution in [-0.2, 0) is 4.74 Å². The lowest BCUT2D eigenvalue weighted by Crippen LogP contribution is -2.15. The van der Waals surface area contributed by atoms with E-state index in [4.69, 9.17) is 4.74 Å². The summed E-state index contributed by atoms with van der Waals surface area (Å²) < 4.78 is 7.97. The number of methoxy groups -OCH3 is 1. The molecule has 0 unspecified atom stereocenters. The summed E-state index contributed by atoms with van der Waals surface area (Å²) >= 11 is 1.46. The second kappa shape index (κ2) is 8.14. The van der Waals surface area contributed by atoms with Crippen LogP contribution in [0.25, 0.3) is 32.5 Å². The molecule has 7 nitrogen and oxygen atoms in total. The quantitative estimate of drug-likeness (QED) is 0.368. The number of esters is 1. The van der Waals surface area contributed by atoms with Gasteiger partial charge >= 0.3 is 5.97 Å². The van der Waals surface area contributed by atoms with Crippen LogP contribution in [-0.4, -0.2) is 32.4 Å². The highest BCUT2D eigenvalue weighted by Gasteiger charge is 2.25. The summed E-state index contributed by atoms with van der Waals surface area (Å²) in [6.45, 7) is 3.98. The molecule has 2 aromatic carbocycles. The van der Waals surface area contributed by atoms with E-state index in [0.29, 0.717) is 22.1 Å². The number of pyridine rings is 1. The standard InChI is InChI=1S/C25H20N4O3S/c1-15-7-9-17(10-8-15)21-12-26-25(33-21)28-13-19-22(20(14-28)24(31)32-3)27-29(23(19)30)18-6-4-5-16(2)11-18/h4-14H,1-3H3. The van der Waals surface area contributed by atoms with E-state index in [1.807, 2.05) is 56.3 Å². The van der Waals surface area contributed by atoms with Gasteiger partial charge in [-0.1, -0.05) is 53.3 Å². The summed E-state index contributed by atoms with van der Waals surface area (Å²) in [7, 11) is 1.31. The Morgan fingerprint density at radius 3 is 2.55 bits per heavy atom. The molecule has 0 saturated carbocycles. The normalized spacial score (nSPS) is 11.1. The SMILES string of the molecule is COC(=O)c1cn(-c2ncc(-c3ccc(C)cc3)s2)cc2c(=O)n(-c3cccc(C)c3)nc1-2. The molecular weight excluding hydrogens is 436 g/mol. The van der Waals surface area contributed by atoms with Crippen molar-refractivity contribution in [3.8, 4) is 32.5 Å². The number of aromatic nitrogens is 4. The van der Waals surface area contributed by atoms with Crippen molar-refractivity contribution in [3.05, 3.63) is 94.2 Å². The highest BCUT2D eigenvalue weighted by molar-refractivity contribution is 7.17. The van der Waals surface area contributed by atoms with Crippen molar-refractivity contribution in [2.24, 2.45) is 0 Å². The van der Waals surface area contributed by atoms with Crippen molar-refractivity contribution in [1.29, 1.82) is 0 Å². The van der Waals surface area contributed by atoms with Gasteiger partial charge in [-0.2, -0.15) is 9.78 Å². The maximum atomic E-state index is 13.3. The molecule has 3 heterocycles. The lowest BCUT2D eigenvalue weighted by molar-refractivity contribution is 0.0600. The van der Waals surface area contributed by atoms with E-state index in [2.05, 4.69) is 10.1 Å². The lowest BCUT2D eigenvalue weighted by Gasteiger charge is -2.09. The third-order valence-corrected chi connectivity index (χ3v) is 6.43. The van der Waals surface area contributed by atoms with Gasteiger partial charge in [0.2, 0.25) is 0 Å². The zero-order chi connectivity index (χ0) is 23.1. The summed E-state index contributed by atoms with van der Waals surface area (Å²) in [4.78, 5) is 31.3. The van der Waals surface area contributed by atoms with Gasteiger partial charge in [0.15, 0.2) is 5.13 Å². The summed E-state index contributed by atoms with van der Waals surface area (Å²) in [6.07, 6.45) is 5.06. The predicted molar refractivity (Wildman–Crippen MR) is 128 cm³/mol. The minimum atomic E-state index is -0.571. The fraction of sp³-hybridized carbons (Fsp3) is 0.120. The number of aryl methyl sites for hydroxylation is 2. The van der Waals surface area contributed by atoms with Crippen LogP contribution in [0.2, 0.25) is 0 Å². The van der Waals surface area contributed by atoms with Gasteiger partial charge in [-0.15, -0.1) is 0 Å². The van der Waals surface area contributed by atoms with Gasteiger partial charge in [-0.3, -0.25) is 9.36 Å². The molecule has 5 rings (SSSR count). The van der Waals surface area contributed by atoms with E-state index in [1.165, 1.54) is 28.7 Å². The first-order chi connectivity index (χ1) is 15.9. The summed E-state index contributed by atoms with van der Waals surface area (Å²) in [5.74, 6) is -0.571. The van der Waals surface area contributed by atoms with Gasteiger partial charge in [0.05, 0.1) is 23.2 Å². The molecule has 0 fully saturated rings. The van der Waals surface area contributed by atoms with Crippen molar-refractivity contribution in [1.82, 2.24) is 19.3 Å². The van der Waals surface area contributed by atoms with Crippen LogP contribution >= 0.6 is 11.3 Å². The van der Waals surface area contributed by atoms with Crippen molar-refractivity contribution in [3.63, 3.8) is 0 Å². The number of rotatable bonds is 4. The number of benzene rings is 2. The Balaban J connectivity index is 1.67. The average molecular weight is 457 g/mol. The molecule has 0 aliphatic carbocycles. The zero-order valence-corrected chi connectivity index (χ0v) is 19.1. The number of hydrogen-bond acceptors (Lipinski definition) is 6.